The van der Waals surface area contributed by atoms with Gasteiger partial charge in [0.1, 0.15) is 54.9 Å². The molecule has 14 heteroatoms. The van der Waals surface area contributed by atoms with Crippen molar-refractivity contribution in [1.29, 1.82) is 0 Å². The van der Waals surface area contributed by atoms with Gasteiger partial charge >= 0.3 is 5.97 Å². The minimum absolute atomic E-state index is 0.0548. The molecule has 2 aliphatic rings. The molecule has 2 heterocycles. The zero-order valence-corrected chi connectivity index (χ0v) is 49.3. The van der Waals surface area contributed by atoms with Crippen molar-refractivity contribution in [3.05, 3.63) is 72.9 Å². The second-order valence-corrected chi connectivity index (χ2v) is 21.9. The van der Waals surface area contributed by atoms with Crippen molar-refractivity contribution in [2.45, 2.75) is 300 Å². The predicted molar refractivity (Wildman–Crippen MR) is 316 cm³/mol. The lowest BCUT2D eigenvalue weighted by Crippen LogP contribution is -2.61. The highest BCUT2D eigenvalue weighted by Crippen LogP contribution is 2.27. The topological polar surface area (TPSA) is 214 Å². The van der Waals surface area contributed by atoms with E-state index in [1.54, 1.807) is 0 Å². The van der Waals surface area contributed by atoms with Crippen LogP contribution >= 0.6 is 0 Å². The number of hydrogen-bond donors (Lipinski definition) is 7. The lowest BCUT2D eigenvalue weighted by atomic mass is 9.98. The molecule has 7 N–H and O–H groups in total. The summed E-state index contributed by atoms with van der Waals surface area (Å²) in [5, 5.41) is 72.5. The second-order valence-electron chi connectivity index (χ2n) is 21.9. The van der Waals surface area contributed by atoms with Crippen LogP contribution in [-0.4, -0.2) is 142 Å². The molecule has 11 unspecified atom stereocenters. The van der Waals surface area contributed by atoms with Crippen molar-refractivity contribution < 1.29 is 69.0 Å². The monoisotopic (exact) mass is 1120 g/mol. The Labute approximate surface area is 478 Å². The smallest absolute Gasteiger partial charge is 0.306 e. The van der Waals surface area contributed by atoms with Gasteiger partial charge in [0.25, 0.3) is 0 Å². The molecule has 14 nitrogen and oxygen atoms in total. The molecular formula is C65H114O14. The molecule has 0 aromatic rings. The van der Waals surface area contributed by atoms with E-state index in [1.165, 1.54) is 109 Å². The van der Waals surface area contributed by atoms with Gasteiger partial charge in [0.15, 0.2) is 12.6 Å². The van der Waals surface area contributed by atoms with Crippen molar-refractivity contribution in [2.75, 3.05) is 33.0 Å². The van der Waals surface area contributed by atoms with E-state index in [0.717, 1.165) is 96.3 Å². The zero-order valence-electron chi connectivity index (χ0n) is 49.3. The maximum Gasteiger partial charge on any atom is 0.306 e. The molecule has 0 bridgehead atoms. The molecule has 2 aliphatic heterocycles. The summed E-state index contributed by atoms with van der Waals surface area (Å²) in [6.07, 6.45) is 49.6. The Balaban J connectivity index is 1.69. The van der Waals surface area contributed by atoms with E-state index in [2.05, 4.69) is 86.8 Å². The van der Waals surface area contributed by atoms with Crippen molar-refractivity contribution in [1.82, 2.24) is 0 Å². The van der Waals surface area contributed by atoms with Gasteiger partial charge in [-0.05, 0) is 64.2 Å². The molecule has 0 aliphatic carbocycles. The van der Waals surface area contributed by atoms with Gasteiger partial charge < -0.3 is 64.2 Å². The summed E-state index contributed by atoms with van der Waals surface area (Å²) in [6.45, 7) is 3.59. The van der Waals surface area contributed by atoms with Gasteiger partial charge in [0.05, 0.1) is 26.4 Å². The first kappa shape index (κ1) is 72.5. The molecule has 2 fully saturated rings. The molecule has 0 radical (unpaired) electrons. The molecule has 2 rings (SSSR count). The highest BCUT2D eigenvalue weighted by Gasteiger charge is 2.47. The van der Waals surface area contributed by atoms with E-state index in [1.807, 2.05) is 0 Å². The van der Waals surface area contributed by atoms with Gasteiger partial charge in [-0.1, -0.05) is 234 Å². The summed E-state index contributed by atoms with van der Waals surface area (Å²) in [5.41, 5.74) is 0. The second kappa shape index (κ2) is 51.1. The summed E-state index contributed by atoms with van der Waals surface area (Å²) >= 11 is 0. The number of unbranched alkanes of at least 4 members (excludes halogenated alkanes) is 25. The number of rotatable bonds is 51. The third-order valence-corrected chi connectivity index (χ3v) is 14.7. The molecule has 0 spiro atoms. The molecule has 0 aromatic carbocycles. The van der Waals surface area contributed by atoms with Crippen LogP contribution < -0.4 is 0 Å². The van der Waals surface area contributed by atoms with Crippen LogP contribution in [0.5, 0.6) is 0 Å². The lowest BCUT2D eigenvalue weighted by molar-refractivity contribution is -0.332. The van der Waals surface area contributed by atoms with Gasteiger partial charge in [-0.25, -0.2) is 0 Å². The van der Waals surface area contributed by atoms with Crippen molar-refractivity contribution in [3.63, 3.8) is 0 Å². The van der Waals surface area contributed by atoms with Gasteiger partial charge in [-0.3, -0.25) is 4.79 Å². The van der Waals surface area contributed by atoms with Crippen molar-refractivity contribution in [2.24, 2.45) is 0 Å². The first-order valence-corrected chi connectivity index (χ1v) is 31.5. The Hall–Kier alpha value is -2.57. The van der Waals surface area contributed by atoms with Crippen LogP contribution in [0.2, 0.25) is 0 Å². The van der Waals surface area contributed by atoms with E-state index < -0.39 is 80.7 Å². The van der Waals surface area contributed by atoms with E-state index in [9.17, 15) is 40.5 Å². The average Bonchev–Trinajstić information content (AvgIpc) is 3.46. The van der Waals surface area contributed by atoms with Gasteiger partial charge in [-0.2, -0.15) is 0 Å². The Bertz CT molecular complexity index is 1580. The molecule has 0 aromatic heterocycles. The number of carbonyl (C=O) groups excluding carboxylic acids is 1. The SMILES string of the molecule is CC/C=C\C/C=C\C/C=C\C/C=C\C/C=C\C/C=C\CCCCCCCCC(=O)OC(COCCCCCCCCCCCCCCCCCCCCCC)COC1OC(COC2OC(CO)C(O)C(O)C2O)C(O)C(O)C1O. The zero-order chi connectivity index (χ0) is 57.2. The highest BCUT2D eigenvalue weighted by atomic mass is 16.7. The molecule has 2 saturated heterocycles. The Morgan fingerprint density at radius 3 is 1.29 bits per heavy atom. The van der Waals surface area contributed by atoms with Crippen LogP contribution in [0.15, 0.2) is 72.9 Å². The first-order valence-electron chi connectivity index (χ1n) is 31.5. The minimum atomic E-state index is -1.71. The summed E-state index contributed by atoms with van der Waals surface area (Å²) < 4.78 is 34.5. The fraction of sp³-hybridized carbons (Fsp3) is 0.800. The van der Waals surface area contributed by atoms with Gasteiger partial charge in [0.2, 0.25) is 0 Å². The third kappa shape index (κ3) is 37.3. The third-order valence-electron chi connectivity index (χ3n) is 14.7. The van der Waals surface area contributed by atoms with Crippen LogP contribution in [0, 0.1) is 0 Å². The van der Waals surface area contributed by atoms with E-state index >= 15 is 0 Å². The fourth-order valence-electron chi connectivity index (χ4n) is 9.70. The van der Waals surface area contributed by atoms with E-state index in [4.69, 9.17) is 28.4 Å². The predicted octanol–water partition coefficient (Wildman–Crippen LogP) is 12.2. The minimum Gasteiger partial charge on any atom is -0.457 e. The molecule has 11 atom stereocenters. The summed E-state index contributed by atoms with van der Waals surface area (Å²) in [6, 6.07) is 0. The fourth-order valence-corrected chi connectivity index (χ4v) is 9.70. The van der Waals surface area contributed by atoms with Gasteiger partial charge in [-0.15, -0.1) is 0 Å². The number of hydrogen-bond acceptors (Lipinski definition) is 14. The number of aliphatic hydroxyl groups excluding tert-OH is 7. The normalized spacial score (nSPS) is 24.5. The summed E-state index contributed by atoms with van der Waals surface area (Å²) in [5.74, 6) is -0.389. The van der Waals surface area contributed by atoms with Crippen LogP contribution in [0.3, 0.4) is 0 Å². The highest BCUT2D eigenvalue weighted by molar-refractivity contribution is 5.69. The molecule has 0 amide bonds. The maximum atomic E-state index is 13.1. The molecule has 0 saturated carbocycles. The Morgan fingerprint density at radius 1 is 0.430 bits per heavy atom. The standard InChI is InChI=1S/C65H114O14/c1-3-5-7-9-11-13-15-17-19-21-23-25-26-27-28-29-30-32-34-36-38-40-42-44-46-48-57(67)77-54(51-74-49-47-45-43-41-39-37-35-33-31-24-22-20-18-16-14-12-10-8-6-4-2)52-75-64-63(73)61(71)59(69)56(79-64)53-76-65-62(72)60(70)58(68)55(50-66)78-65/h5,7,11,13,17,19,23,25,27-28,30,32,54-56,58-66,68-73H,3-4,6,8-10,12,14-16,18,20-22,24,26,29,31,33-53H2,1-2H3/b7-5-,13-11-,19-17-,25-23-,28-27-,32-30-. The molecular weight excluding hydrogens is 1000 g/mol. The quantitative estimate of drug-likeness (QED) is 0.0172. The largest absolute Gasteiger partial charge is 0.457 e. The lowest BCUT2D eigenvalue weighted by Gasteiger charge is -2.42. The molecule has 79 heavy (non-hydrogen) atoms. The van der Waals surface area contributed by atoms with Crippen LogP contribution in [-0.2, 0) is 33.2 Å². The summed E-state index contributed by atoms with van der Waals surface area (Å²) in [7, 11) is 0. The summed E-state index contributed by atoms with van der Waals surface area (Å²) in [4.78, 5) is 13.1. The first-order chi connectivity index (χ1) is 38.6. The van der Waals surface area contributed by atoms with Gasteiger partial charge in [0, 0.05) is 13.0 Å². The van der Waals surface area contributed by atoms with Crippen LogP contribution in [0.4, 0.5) is 0 Å². The number of ether oxygens (including phenoxy) is 6. The maximum absolute atomic E-state index is 13.1. The Morgan fingerprint density at radius 2 is 0.823 bits per heavy atom. The van der Waals surface area contributed by atoms with Crippen LogP contribution in [0.25, 0.3) is 0 Å². The Kier molecular flexibility index (Phi) is 46.9. The number of esters is 1. The average molecular weight is 1120 g/mol. The number of allylic oxidation sites excluding steroid dienone is 12. The van der Waals surface area contributed by atoms with Crippen molar-refractivity contribution in [3.8, 4) is 0 Å². The van der Waals surface area contributed by atoms with Crippen molar-refractivity contribution >= 4 is 5.97 Å². The number of aliphatic hydroxyl groups is 7. The van der Waals surface area contributed by atoms with E-state index in [-0.39, 0.29) is 25.6 Å². The number of carbonyl (C=O) groups is 1. The molecule has 458 valence electrons. The van der Waals surface area contributed by atoms with Crippen LogP contribution in [0.1, 0.15) is 232 Å². The van der Waals surface area contributed by atoms with E-state index in [0.29, 0.717) is 13.0 Å².